The summed E-state index contributed by atoms with van der Waals surface area (Å²) in [4.78, 5) is 91.4. The number of carbonyl (C=O) groups is 6. The highest BCUT2D eigenvalue weighted by molar-refractivity contribution is 7.20. The Kier molecular flexibility index (Phi) is 28.7. The maximum atomic E-state index is 12.6. The van der Waals surface area contributed by atoms with E-state index in [1.165, 1.54) is 97.6 Å². The lowest BCUT2D eigenvalue weighted by molar-refractivity contribution is -0.142. The quantitative estimate of drug-likeness (QED) is 0.0363. The first-order valence-corrected chi connectivity index (χ1v) is 34.5. The first-order valence-electron chi connectivity index (χ1n) is 30.2. The molecular formula is C73H66FN5O12S5. The molecule has 23 heteroatoms. The number of para-hydroxylation sites is 3. The molecule has 5 aromatic heterocycles. The van der Waals surface area contributed by atoms with E-state index >= 15 is 0 Å². The molecule has 0 spiro atoms. The largest absolute Gasteiger partial charge is 0.485 e. The second-order valence-electron chi connectivity index (χ2n) is 20.1. The van der Waals surface area contributed by atoms with E-state index in [0.717, 1.165) is 39.7 Å². The SMILES string of the molecule is CCOC(=O)Cc1csc(C(=O)COc2ccc(CC)cc2)n1.CCc1ccc(OCC(=O)c2nc3ccccc3s2)cc1.CCc1ccc(OCC(=O)c2nc3ccccc3s2)cc1.O=C(COc1ccc(F)cc1)c1nccs1.O=C(COc1ccccc1)c1nccs1. The summed E-state index contributed by atoms with van der Waals surface area (Å²) in [6.45, 7) is 8.29. The number of aryl methyl sites for hydroxylation is 3. The number of carbonyl (C=O) groups excluding carboxylic acids is 6. The number of ketones is 5. The lowest BCUT2D eigenvalue weighted by Gasteiger charge is -2.05. The minimum Gasteiger partial charge on any atom is -0.485 e. The van der Waals surface area contributed by atoms with Crippen LogP contribution in [0.4, 0.5) is 4.39 Å². The van der Waals surface area contributed by atoms with Crippen molar-refractivity contribution in [3.8, 4) is 28.7 Å². The molecule has 17 nitrogen and oxygen atoms in total. The van der Waals surface area contributed by atoms with Crippen LogP contribution in [0.1, 0.15) is 99.1 Å². The molecule has 0 aliphatic carbocycles. The van der Waals surface area contributed by atoms with Gasteiger partial charge in [0.15, 0.2) is 58.1 Å². The number of rotatable bonds is 26. The number of thiazole rings is 5. The highest BCUT2D eigenvalue weighted by atomic mass is 32.1. The summed E-state index contributed by atoms with van der Waals surface area (Å²) in [6.07, 6.45) is 6.20. The average molecular weight is 1380 g/mol. The Balaban J connectivity index is 0.000000155. The van der Waals surface area contributed by atoms with Crippen LogP contribution in [0, 0.1) is 5.82 Å². The minimum absolute atomic E-state index is 0.0191. The topological polar surface area (TPSA) is 222 Å². The third kappa shape index (κ3) is 23.5. The van der Waals surface area contributed by atoms with Gasteiger partial charge in [-0.15, -0.1) is 56.7 Å². The number of esters is 1. The van der Waals surface area contributed by atoms with Crippen molar-refractivity contribution in [2.24, 2.45) is 0 Å². The Labute approximate surface area is 574 Å². The standard InChI is InChI=1S/C17H19NO4S.2C17H15NO2S.C11H8FNO2S.C11H9NO2S/c1-3-12-5-7-14(8-6-12)22-10-15(19)17-18-13(11-23-17)9-16(20)21-4-2;2*1-2-12-7-9-13(10-8-12)20-11-15(19)17-18-14-5-3-4-6-16(14)21-17;12-8-1-3-9(4-2-8)15-7-10(14)11-13-5-6-16-11;13-10(11-12-6-7-15-11)8-14-9-4-2-1-3-5-9/h5-8,11H,3-4,9-10H2,1-2H3;2*3-10H,2,11H2,1H3;1-6H,7H2;1-7H,8H2. The molecule has 0 radical (unpaired) electrons. The van der Waals surface area contributed by atoms with Gasteiger partial charge < -0.3 is 28.4 Å². The molecule has 0 unspecified atom stereocenters. The molecule has 0 saturated carbocycles. The van der Waals surface area contributed by atoms with Crippen LogP contribution >= 0.6 is 56.7 Å². The van der Waals surface area contributed by atoms with Gasteiger partial charge in [-0.2, -0.15) is 0 Å². The van der Waals surface area contributed by atoms with Crippen molar-refractivity contribution in [1.29, 1.82) is 0 Å². The highest BCUT2D eigenvalue weighted by Gasteiger charge is 2.17. The van der Waals surface area contributed by atoms with Crippen molar-refractivity contribution in [2.75, 3.05) is 39.6 Å². The van der Waals surface area contributed by atoms with Crippen molar-refractivity contribution in [3.63, 3.8) is 0 Å². The van der Waals surface area contributed by atoms with E-state index in [4.69, 9.17) is 28.4 Å². The third-order valence-corrected chi connectivity index (χ3v) is 17.9. The maximum Gasteiger partial charge on any atom is 0.311 e. The van der Waals surface area contributed by atoms with Gasteiger partial charge in [-0.05, 0) is 140 Å². The first-order chi connectivity index (χ1) is 46.7. The molecule has 96 heavy (non-hydrogen) atoms. The van der Waals surface area contributed by atoms with Crippen LogP contribution in [-0.2, 0) is 35.2 Å². The molecule has 0 aliphatic heterocycles. The number of hydrogen-bond acceptors (Lipinski definition) is 22. The van der Waals surface area contributed by atoms with Crippen LogP contribution in [0.5, 0.6) is 28.7 Å². The van der Waals surface area contributed by atoms with Crippen LogP contribution in [0.25, 0.3) is 20.4 Å². The Morgan fingerprint density at radius 2 is 0.740 bits per heavy atom. The van der Waals surface area contributed by atoms with E-state index in [9.17, 15) is 33.2 Å². The zero-order chi connectivity index (χ0) is 67.9. The molecule has 0 bridgehead atoms. The van der Waals surface area contributed by atoms with Crippen LogP contribution in [0.15, 0.2) is 204 Å². The van der Waals surface area contributed by atoms with Gasteiger partial charge in [0.2, 0.25) is 28.9 Å². The fourth-order valence-corrected chi connectivity index (χ4v) is 11.8. The van der Waals surface area contributed by atoms with Gasteiger partial charge in [0.05, 0.1) is 39.2 Å². The summed E-state index contributed by atoms with van der Waals surface area (Å²) >= 11 is 6.62. The Morgan fingerprint density at radius 3 is 1.10 bits per heavy atom. The van der Waals surface area contributed by atoms with Gasteiger partial charge in [-0.1, -0.05) is 99.6 Å². The highest BCUT2D eigenvalue weighted by Crippen LogP contribution is 2.25. The molecular weight excluding hydrogens is 1320 g/mol. The molecule has 7 aromatic carbocycles. The number of Topliss-reactive ketones (excluding diaryl/α,β-unsaturated/α-hetero) is 5. The smallest absolute Gasteiger partial charge is 0.311 e. The van der Waals surface area contributed by atoms with E-state index in [-0.39, 0.29) is 80.2 Å². The normalized spacial score (nSPS) is 10.4. The molecule has 5 heterocycles. The number of halogens is 1. The summed E-state index contributed by atoms with van der Waals surface area (Å²) in [7, 11) is 0. The van der Waals surface area contributed by atoms with E-state index in [1.807, 2.05) is 152 Å². The minimum atomic E-state index is -0.343. The molecule has 0 N–H and O–H groups in total. The number of fused-ring (bicyclic) bond motifs is 2. The number of ether oxygens (including phenoxy) is 6. The Bertz CT molecular complexity index is 4180. The fourth-order valence-electron chi connectivity index (χ4n) is 8.15. The predicted molar refractivity (Wildman–Crippen MR) is 375 cm³/mol. The van der Waals surface area contributed by atoms with Gasteiger partial charge in [-0.3, -0.25) is 28.8 Å². The Hall–Kier alpha value is -10.0. The number of aromatic nitrogens is 5. The van der Waals surface area contributed by atoms with E-state index in [1.54, 1.807) is 35.5 Å². The van der Waals surface area contributed by atoms with Crippen molar-refractivity contribution in [3.05, 3.63) is 258 Å². The van der Waals surface area contributed by atoms with Crippen molar-refractivity contribution >= 4 is 112 Å². The van der Waals surface area contributed by atoms with Crippen LogP contribution in [0.3, 0.4) is 0 Å². The average Bonchev–Trinajstić information content (AvgIpc) is 1.77. The van der Waals surface area contributed by atoms with E-state index in [0.29, 0.717) is 66.1 Å². The lowest BCUT2D eigenvalue weighted by Crippen LogP contribution is -2.12. The summed E-state index contributed by atoms with van der Waals surface area (Å²) < 4.78 is 46.5. The predicted octanol–water partition coefficient (Wildman–Crippen LogP) is 16.3. The molecule has 0 atom stereocenters. The number of benzene rings is 7. The van der Waals surface area contributed by atoms with Gasteiger partial charge in [-0.25, -0.2) is 29.3 Å². The van der Waals surface area contributed by atoms with E-state index in [2.05, 4.69) is 45.7 Å². The molecule has 12 aromatic rings. The van der Waals surface area contributed by atoms with Gasteiger partial charge in [0.1, 0.15) is 34.6 Å². The molecule has 0 aliphatic rings. The lowest BCUT2D eigenvalue weighted by atomic mass is 10.2. The van der Waals surface area contributed by atoms with Crippen molar-refractivity contribution in [1.82, 2.24) is 24.9 Å². The monoisotopic (exact) mass is 1380 g/mol. The van der Waals surface area contributed by atoms with Crippen molar-refractivity contribution < 1.29 is 61.6 Å². The molecule has 0 fully saturated rings. The second-order valence-corrected chi connectivity index (χ2v) is 24.8. The van der Waals surface area contributed by atoms with E-state index < -0.39 is 0 Å². The number of hydrogen-bond donors (Lipinski definition) is 0. The maximum absolute atomic E-state index is 12.6. The molecule has 12 rings (SSSR count). The molecule has 492 valence electrons. The van der Waals surface area contributed by atoms with Gasteiger partial charge in [0.25, 0.3) is 0 Å². The van der Waals surface area contributed by atoms with Crippen LogP contribution in [0.2, 0.25) is 0 Å². The molecule has 0 saturated heterocycles. The second kappa shape index (κ2) is 38.4. The van der Waals surface area contributed by atoms with Gasteiger partial charge >= 0.3 is 5.97 Å². The summed E-state index contributed by atoms with van der Waals surface area (Å²) in [6, 6.07) is 53.5. The molecule has 0 amide bonds. The summed E-state index contributed by atoms with van der Waals surface area (Å²) in [5, 5.41) is 7.45. The third-order valence-electron chi connectivity index (χ3n) is 13.2. The summed E-state index contributed by atoms with van der Waals surface area (Å²) in [5.74, 6) is 1.91. The summed E-state index contributed by atoms with van der Waals surface area (Å²) in [5.41, 5.74) is 5.98. The fraction of sp³-hybridized carbons (Fsp3) is 0.192. The Morgan fingerprint density at radius 1 is 0.385 bits per heavy atom. The zero-order valence-electron chi connectivity index (χ0n) is 52.8. The zero-order valence-corrected chi connectivity index (χ0v) is 56.8. The van der Waals surface area contributed by atoms with Crippen molar-refractivity contribution in [2.45, 2.75) is 53.4 Å². The van der Waals surface area contributed by atoms with Crippen LogP contribution < -0.4 is 23.7 Å². The van der Waals surface area contributed by atoms with Crippen LogP contribution in [-0.4, -0.2) is 99.4 Å². The number of nitrogens with zero attached hydrogens (tertiary/aromatic N) is 5. The first kappa shape index (κ1) is 71.8. The van der Waals surface area contributed by atoms with Gasteiger partial charge in [0, 0.05) is 28.5 Å².